The molecule has 21 heavy (non-hydrogen) atoms. The van der Waals surface area contributed by atoms with Gasteiger partial charge in [-0.1, -0.05) is 36.8 Å². The van der Waals surface area contributed by atoms with Crippen LogP contribution in [0.1, 0.15) is 28.4 Å². The van der Waals surface area contributed by atoms with Crippen LogP contribution in [0.25, 0.3) is 0 Å². The van der Waals surface area contributed by atoms with Gasteiger partial charge in [0.05, 0.1) is 4.90 Å². The van der Waals surface area contributed by atoms with Crippen molar-refractivity contribution in [2.75, 3.05) is 0 Å². The number of nitrogens with one attached hydrogen (secondary N) is 1. The van der Waals surface area contributed by atoms with Crippen LogP contribution in [0.4, 0.5) is 0 Å². The van der Waals surface area contributed by atoms with Gasteiger partial charge in [0, 0.05) is 5.56 Å². The summed E-state index contributed by atoms with van der Waals surface area (Å²) in [6.45, 7) is 3.88. The summed E-state index contributed by atoms with van der Waals surface area (Å²) in [6.07, 6.45) is 0.865. The number of aryl methyl sites for hydroxylation is 2. The van der Waals surface area contributed by atoms with Gasteiger partial charge in [-0.25, -0.2) is 13.1 Å². The predicted molar refractivity (Wildman–Crippen MR) is 81.7 cm³/mol. The van der Waals surface area contributed by atoms with Gasteiger partial charge >= 0.3 is 0 Å². The van der Waals surface area contributed by atoms with Crippen LogP contribution in [0.3, 0.4) is 0 Å². The fraction of sp³-hybridized carbons (Fsp3) is 0.188. The fourth-order valence-corrected chi connectivity index (χ4v) is 2.82. The van der Waals surface area contributed by atoms with Gasteiger partial charge < -0.3 is 0 Å². The first kappa shape index (κ1) is 15.3. The molecular weight excluding hydrogens is 286 g/mol. The molecule has 5 heteroatoms. The fourth-order valence-electron chi connectivity index (χ4n) is 1.85. The Hall–Kier alpha value is -2.14. The van der Waals surface area contributed by atoms with Crippen molar-refractivity contribution < 1.29 is 13.2 Å². The molecule has 110 valence electrons. The predicted octanol–water partition coefficient (Wildman–Crippen LogP) is 2.68. The third-order valence-electron chi connectivity index (χ3n) is 3.18. The topological polar surface area (TPSA) is 63.2 Å². The summed E-state index contributed by atoms with van der Waals surface area (Å²) in [4.78, 5) is 12.1. The Morgan fingerprint density at radius 2 is 1.57 bits per heavy atom. The van der Waals surface area contributed by atoms with E-state index in [4.69, 9.17) is 0 Å². The average Bonchev–Trinajstić information content (AvgIpc) is 2.47. The summed E-state index contributed by atoms with van der Waals surface area (Å²) in [6, 6.07) is 13.2. The van der Waals surface area contributed by atoms with E-state index in [2.05, 4.69) is 4.72 Å². The monoisotopic (exact) mass is 303 g/mol. The Bertz CT molecular complexity index is 732. The molecular formula is C16H17NO3S. The number of amides is 1. The lowest BCUT2D eigenvalue weighted by Crippen LogP contribution is -2.30. The van der Waals surface area contributed by atoms with Gasteiger partial charge in [-0.3, -0.25) is 4.79 Å². The van der Waals surface area contributed by atoms with Crippen molar-refractivity contribution in [3.8, 4) is 0 Å². The van der Waals surface area contributed by atoms with Crippen LogP contribution in [0.2, 0.25) is 0 Å². The van der Waals surface area contributed by atoms with Gasteiger partial charge in [0.25, 0.3) is 15.9 Å². The zero-order valence-corrected chi connectivity index (χ0v) is 12.8. The molecule has 1 amide bonds. The molecule has 0 saturated heterocycles. The molecule has 0 atom stereocenters. The molecule has 2 aromatic rings. The van der Waals surface area contributed by atoms with Crippen molar-refractivity contribution in [1.82, 2.24) is 4.72 Å². The summed E-state index contributed by atoms with van der Waals surface area (Å²) in [5.41, 5.74) is 2.37. The number of hydrogen-bond acceptors (Lipinski definition) is 3. The van der Waals surface area contributed by atoms with Crippen molar-refractivity contribution >= 4 is 15.9 Å². The second-order valence-corrected chi connectivity index (χ2v) is 6.48. The first-order chi connectivity index (χ1) is 9.92. The first-order valence-electron chi connectivity index (χ1n) is 6.65. The largest absolute Gasteiger partial charge is 0.268 e. The van der Waals surface area contributed by atoms with Gasteiger partial charge in [0.15, 0.2) is 0 Å². The maximum absolute atomic E-state index is 12.1. The zero-order valence-electron chi connectivity index (χ0n) is 12.0. The smallest absolute Gasteiger partial charge is 0.264 e. The number of benzene rings is 2. The van der Waals surface area contributed by atoms with E-state index in [1.807, 2.05) is 26.0 Å². The highest BCUT2D eigenvalue weighted by Gasteiger charge is 2.18. The summed E-state index contributed by atoms with van der Waals surface area (Å²) in [5, 5.41) is 0. The minimum absolute atomic E-state index is 0.0756. The molecule has 0 aliphatic rings. The Balaban J connectivity index is 2.19. The quantitative estimate of drug-likeness (QED) is 0.944. The van der Waals surface area contributed by atoms with Gasteiger partial charge in [0.2, 0.25) is 0 Å². The van der Waals surface area contributed by atoms with E-state index < -0.39 is 15.9 Å². The first-order valence-corrected chi connectivity index (χ1v) is 8.13. The second kappa shape index (κ2) is 6.10. The van der Waals surface area contributed by atoms with Gasteiger partial charge in [-0.2, -0.15) is 0 Å². The molecule has 0 radical (unpaired) electrons. The number of carbonyl (C=O) groups excluding carboxylic acids is 1. The number of sulfonamides is 1. The Morgan fingerprint density at radius 3 is 2.10 bits per heavy atom. The SMILES string of the molecule is CCc1ccc(C(=O)NS(=O)(=O)c2ccc(C)cc2)cc1. The van der Waals surface area contributed by atoms with Crippen LogP contribution >= 0.6 is 0 Å². The lowest BCUT2D eigenvalue weighted by Gasteiger charge is -2.07. The lowest BCUT2D eigenvalue weighted by molar-refractivity contribution is 0.0981. The van der Waals surface area contributed by atoms with Crippen molar-refractivity contribution in [3.63, 3.8) is 0 Å². The van der Waals surface area contributed by atoms with E-state index in [0.29, 0.717) is 5.56 Å². The van der Waals surface area contributed by atoms with Gasteiger partial charge in [0.1, 0.15) is 0 Å². The van der Waals surface area contributed by atoms with E-state index in [0.717, 1.165) is 17.5 Å². The summed E-state index contributed by atoms with van der Waals surface area (Å²) < 4.78 is 26.3. The van der Waals surface area contributed by atoms with Gasteiger partial charge in [-0.15, -0.1) is 0 Å². The van der Waals surface area contributed by atoms with Crippen molar-refractivity contribution in [3.05, 3.63) is 65.2 Å². The number of hydrogen-bond donors (Lipinski definition) is 1. The highest BCUT2D eigenvalue weighted by molar-refractivity contribution is 7.90. The molecule has 0 bridgehead atoms. The standard InChI is InChI=1S/C16H17NO3S/c1-3-13-6-8-14(9-7-13)16(18)17-21(19,20)15-10-4-12(2)5-11-15/h4-11H,3H2,1-2H3,(H,17,18). The van der Waals surface area contributed by atoms with E-state index in [1.54, 1.807) is 24.3 Å². The molecule has 0 aliphatic heterocycles. The molecule has 1 N–H and O–H groups in total. The molecule has 2 aromatic carbocycles. The minimum Gasteiger partial charge on any atom is -0.268 e. The Labute approximate surface area is 124 Å². The number of rotatable bonds is 4. The molecule has 0 heterocycles. The molecule has 4 nitrogen and oxygen atoms in total. The van der Waals surface area contributed by atoms with E-state index in [-0.39, 0.29) is 4.90 Å². The van der Waals surface area contributed by atoms with Crippen molar-refractivity contribution in [1.29, 1.82) is 0 Å². The molecule has 0 aromatic heterocycles. The molecule has 0 saturated carbocycles. The lowest BCUT2D eigenvalue weighted by atomic mass is 10.1. The normalized spacial score (nSPS) is 11.1. The molecule has 0 spiro atoms. The molecule has 2 rings (SSSR count). The van der Waals surface area contributed by atoms with Crippen LogP contribution in [-0.4, -0.2) is 14.3 Å². The number of carbonyl (C=O) groups is 1. The van der Waals surface area contributed by atoms with E-state index in [9.17, 15) is 13.2 Å². The summed E-state index contributed by atoms with van der Waals surface area (Å²) in [5.74, 6) is -0.627. The Morgan fingerprint density at radius 1 is 1.00 bits per heavy atom. The summed E-state index contributed by atoms with van der Waals surface area (Å²) in [7, 11) is -3.84. The average molecular weight is 303 g/mol. The third kappa shape index (κ3) is 3.70. The molecule has 0 aliphatic carbocycles. The zero-order chi connectivity index (χ0) is 15.5. The molecule has 0 unspecified atom stereocenters. The van der Waals surface area contributed by atoms with E-state index in [1.165, 1.54) is 12.1 Å². The van der Waals surface area contributed by atoms with Crippen LogP contribution < -0.4 is 4.72 Å². The third-order valence-corrected chi connectivity index (χ3v) is 4.53. The van der Waals surface area contributed by atoms with Crippen molar-refractivity contribution in [2.45, 2.75) is 25.2 Å². The van der Waals surface area contributed by atoms with Crippen LogP contribution in [0.5, 0.6) is 0 Å². The van der Waals surface area contributed by atoms with Crippen molar-refractivity contribution in [2.24, 2.45) is 0 Å². The maximum atomic E-state index is 12.1. The molecule has 0 fully saturated rings. The highest BCUT2D eigenvalue weighted by atomic mass is 32.2. The summed E-state index contributed by atoms with van der Waals surface area (Å²) >= 11 is 0. The van der Waals surface area contributed by atoms with Gasteiger partial charge in [-0.05, 0) is 43.2 Å². The van der Waals surface area contributed by atoms with Crippen LogP contribution in [0, 0.1) is 6.92 Å². The highest BCUT2D eigenvalue weighted by Crippen LogP contribution is 2.11. The minimum atomic E-state index is -3.84. The van der Waals surface area contributed by atoms with Crippen LogP contribution in [0.15, 0.2) is 53.4 Å². The van der Waals surface area contributed by atoms with Crippen LogP contribution in [-0.2, 0) is 16.4 Å². The second-order valence-electron chi connectivity index (χ2n) is 4.80. The maximum Gasteiger partial charge on any atom is 0.264 e. The van der Waals surface area contributed by atoms with E-state index >= 15 is 0 Å². The Kier molecular flexibility index (Phi) is 4.43.